The van der Waals surface area contributed by atoms with Crippen LogP contribution in [-0.2, 0) is 10.3 Å². The molecule has 0 aliphatic rings. The summed E-state index contributed by atoms with van der Waals surface area (Å²) in [4.78, 5) is 11.9. The third-order valence-corrected chi connectivity index (χ3v) is 4.32. The molecular weight excluding hydrogens is 423 g/mol. The number of benzene rings is 2. The number of ether oxygens (including phenoxy) is 2. The van der Waals surface area contributed by atoms with Crippen molar-refractivity contribution in [3.63, 3.8) is 0 Å². The lowest BCUT2D eigenvalue weighted by Crippen LogP contribution is -2.47. The molecule has 5 nitrogen and oxygen atoms in total. The average Bonchev–Trinajstić information content (AvgIpc) is 2.60. The van der Waals surface area contributed by atoms with Gasteiger partial charge in [-0.25, -0.2) is 4.79 Å². The summed E-state index contributed by atoms with van der Waals surface area (Å²) >= 11 is 5.75. The van der Waals surface area contributed by atoms with Gasteiger partial charge in [-0.05, 0) is 69.2 Å². The van der Waals surface area contributed by atoms with Crippen LogP contribution in [0, 0.1) is 6.92 Å². The summed E-state index contributed by atoms with van der Waals surface area (Å²) in [5.41, 5.74) is -3.84. The van der Waals surface area contributed by atoms with Crippen LogP contribution in [0.25, 0.3) is 0 Å². The summed E-state index contributed by atoms with van der Waals surface area (Å²) in [6.45, 7) is 5.51. The van der Waals surface area contributed by atoms with E-state index in [9.17, 15) is 23.1 Å². The number of anilines is 1. The van der Waals surface area contributed by atoms with Crippen LogP contribution < -0.4 is 10.1 Å². The summed E-state index contributed by atoms with van der Waals surface area (Å²) in [6.07, 6.45) is -5.75. The predicted octanol–water partition coefficient (Wildman–Crippen LogP) is 5.82. The van der Waals surface area contributed by atoms with Gasteiger partial charge in [0.15, 0.2) is 0 Å². The molecule has 1 atom stereocenters. The minimum Gasteiger partial charge on any atom is -0.490 e. The SMILES string of the molecule is Cc1cc(C(O)(COc2ccc(Cl)cc2)C(F)(F)F)ccc1NC(=O)OC(C)(C)C. The van der Waals surface area contributed by atoms with Gasteiger partial charge in [-0.1, -0.05) is 23.7 Å². The molecule has 30 heavy (non-hydrogen) atoms. The van der Waals surface area contributed by atoms with Crippen molar-refractivity contribution in [2.24, 2.45) is 0 Å². The number of halogens is 4. The zero-order chi connectivity index (χ0) is 22.7. The van der Waals surface area contributed by atoms with Crippen molar-refractivity contribution in [2.45, 2.75) is 45.1 Å². The van der Waals surface area contributed by atoms with E-state index in [2.05, 4.69) is 5.32 Å². The van der Waals surface area contributed by atoms with Crippen LogP contribution in [0.2, 0.25) is 5.02 Å². The van der Waals surface area contributed by atoms with E-state index in [1.165, 1.54) is 37.3 Å². The second-order valence-corrected chi connectivity index (χ2v) is 8.19. The molecule has 1 amide bonds. The lowest BCUT2D eigenvalue weighted by atomic mass is 9.92. The van der Waals surface area contributed by atoms with Gasteiger partial charge >= 0.3 is 12.3 Å². The van der Waals surface area contributed by atoms with E-state index in [1.807, 2.05) is 0 Å². The molecule has 2 aromatic carbocycles. The number of hydrogen-bond donors (Lipinski definition) is 2. The maximum Gasteiger partial charge on any atom is 0.424 e. The van der Waals surface area contributed by atoms with Crippen LogP contribution in [0.5, 0.6) is 5.75 Å². The number of amides is 1. The highest BCUT2D eigenvalue weighted by molar-refractivity contribution is 6.30. The van der Waals surface area contributed by atoms with Gasteiger partial charge in [0.1, 0.15) is 18.0 Å². The fraction of sp³-hybridized carbons (Fsp3) is 0.381. The molecule has 1 unspecified atom stereocenters. The molecule has 0 saturated carbocycles. The molecule has 0 bridgehead atoms. The first-order valence-electron chi connectivity index (χ1n) is 9.00. The molecule has 0 heterocycles. The van der Waals surface area contributed by atoms with Crippen LogP contribution in [0.1, 0.15) is 31.9 Å². The first kappa shape index (κ1) is 23.8. The number of aliphatic hydroxyl groups is 1. The number of rotatable bonds is 5. The smallest absolute Gasteiger partial charge is 0.424 e. The van der Waals surface area contributed by atoms with Gasteiger partial charge < -0.3 is 14.6 Å². The maximum atomic E-state index is 13.7. The van der Waals surface area contributed by atoms with Gasteiger partial charge in [0, 0.05) is 10.7 Å². The second kappa shape index (κ2) is 8.73. The molecule has 0 aromatic heterocycles. The Morgan fingerprint density at radius 2 is 1.70 bits per heavy atom. The van der Waals surface area contributed by atoms with E-state index in [0.717, 1.165) is 12.1 Å². The van der Waals surface area contributed by atoms with Crippen LogP contribution in [0.4, 0.5) is 23.7 Å². The van der Waals surface area contributed by atoms with Crippen LogP contribution in [0.15, 0.2) is 42.5 Å². The number of alkyl halides is 3. The van der Waals surface area contributed by atoms with Gasteiger partial charge in [0.2, 0.25) is 5.60 Å². The normalized spacial score (nSPS) is 14.0. The first-order valence-corrected chi connectivity index (χ1v) is 9.38. The van der Waals surface area contributed by atoms with Gasteiger partial charge in [-0.2, -0.15) is 13.2 Å². The van der Waals surface area contributed by atoms with Crippen molar-refractivity contribution >= 4 is 23.4 Å². The Balaban J connectivity index is 2.25. The highest BCUT2D eigenvalue weighted by atomic mass is 35.5. The molecule has 0 saturated heterocycles. The van der Waals surface area contributed by atoms with Crippen LogP contribution in [-0.4, -0.2) is 29.6 Å². The van der Waals surface area contributed by atoms with Gasteiger partial charge in [-0.15, -0.1) is 0 Å². The van der Waals surface area contributed by atoms with E-state index in [0.29, 0.717) is 10.6 Å². The Labute approximate surface area is 177 Å². The highest BCUT2D eigenvalue weighted by Crippen LogP contribution is 2.40. The molecule has 2 aromatic rings. The van der Waals surface area contributed by atoms with E-state index in [1.54, 1.807) is 20.8 Å². The zero-order valence-corrected chi connectivity index (χ0v) is 17.7. The fourth-order valence-corrected chi connectivity index (χ4v) is 2.65. The van der Waals surface area contributed by atoms with Crippen LogP contribution >= 0.6 is 11.6 Å². The summed E-state index contributed by atoms with van der Waals surface area (Å²) in [6, 6.07) is 9.23. The average molecular weight is 446 g/mol. The maximum absolute atomic E-state index is 13.7. The van der Waals surface area contributed by atoms with E-state index in [4.69, 9.17) is 21.1 Å². The van der Waals surface area contributed by atoms with Crippen molar-refractivity contribution in [1.29, 1.82) is 0 Å². The molecular formula is C21H23ClF3NO4. The van der Waals surface area contributed by atoms with Crippen molar-refractivity contribution in [3.8, 4) is 5.75 Å². The Morgan fingerprint density at radius 1 is 1.10 bits per heavy atom. The molecule has 9 heteroatoms. The lowest BCUT2D eigenvalue weighted by molar-refractivity contribution is -0.275. The number of carbonyl (C=O) groups excluding carboxylic acids is 1. The third kappa shape index (κ3) is 6.03. The van der Waals surface area contributed by atoms with Crippen molar-refractivity contribution in [1.82, 2.24) is 0 Å². The molecule has 0 radical (unpaired) electrons. The van der Waals surface area contributed by atoms with Gasteiger partial charge in [0.25, 0.3) is 0 Å². The number of hydrogen-bond acceptors (Lipinski definition) is 4. The first-order chi connectivity index (χ1) is 13.7. The van der Waals surface area contributed by atoms with Crippen molar-refractivity contribution < 1.29 is 32.5 Å². The van der Waals surface area contributed by atoms with Gasteiger partial charge in [0.05, 0.1) is 0 Å². The van der Waals surface area contributed by atoms with E-state index in [-0.39, 0.29) is 11.4 Å². The van der Waals surface area contributed by atoms with Gasteiger partial charge in [-0.3, -0.25) is 5.32 Å². The highest BCUT2D eigenvalue weighted by Gasteiger charge is 2.56. The molecule has 2 rings (SSSR count). The second-order valence-electron chi connectivity index (χ2n) is 7.76. The Bertz CT molecular complexity index is 895. The summed E-state index contributed by atoms with van der Waals surface area (Å²) < 4.78 is 51.5. The van der Waals surface area contributed by atoms with Crippen LogP contribution in [0.3, 0.4) is 0 Å². The summed E-state index contributed by atoms with van der Waals surface area (Å²) in [7, 11) is 0. The van der Waals surface area contributed by atoms with E-state index < -0.39 is 35.6 Å². The Kier molecular flexibility index (Phi) is 6.94. The van der Waals surface area contributed by atoms with E-state index >= 15 is 0 Å². The number of aryl methyl sites for hydroxylation is 1. The quantitative estimate of drug-likeness (QED) is 0.608. The largest absolute Gasteiger partial charge is 0.490 e. The minimum absolute atomic E-state index is 0.127. The topological polar surface area (TPSA) is 67.8 Å². The lowest BCUT2D eigenvalue weighted by Gasteiger charge is -2.31. The monoisotopic (exact) mass is 445 g/mol. The fourth-order valence-electron chi connectivity index (χ4n) is 2.52. The molecule has 0 fully saturated rings. The molecule has 2 N–H and O–H groups in total. The van der Waals surface area contributed by atoms with Crippen molar-refractivity contribution in [3.05, 3.63) is 58.6 Å². The molecule has 0 aliphatic heterocycles. The predicted molar refractivity (Wildman–Crippen MR) is 108 cm³/mol. The number of nitrogens with one attached hydrogen (secondary N) is 1. The number of carbonyl (C=O) groups is 1. The summed E-state index contributed by atoms with van der Waals surface area (Å²) in [5, 5.41) is 13.4. The summed E-state index contributed by atoms with van der Waals surface area (Å²) in [5.74, 6) is 0.127. The standard InChI is InChI=1S/C21H23ClF3NO4/c1-13-11-14(5-10-17(13)26-18(27)30-19(2,3)4)20(28,21(23,24)25)12-29-16-8-6-15(22)7-9-16/h5-11,28H,12H2,1-4H3,(H,26,27). The Morgan fingerprint density at radius 3 is 2.20 bits per heavy atom. The molecule has 0 spiro atoms. The molecule has 164 valence electrons. The van der Waals surface area contributed by atoms with Crippen molar-refractivity contribution in [2.75, 3.05) is 11.9 Å². The molecule has 0 aliphatic carbocycles. The third-order valence-electron chi connectivity index (χ3n) is 4.07. The Hall–Kier alpha value is -2.45. The zero-order valence-electron chi connectivity index (χ0n) is 16.9. The minimum atomic E-state index is -5.01.